The van der Waals surface area contributed by atoms with Crippen LogP contribution in [0.2, 0.25) is 0 Å². The predicted octanol–water partition coefficient (Wildman–Crippen LogP) is 0.897. The van der Waals surface area contributed by atoms with Crippen LogP contribution in [0.15, 0.2) is 30.3 Å². The minimum absolute atomic E-state index is 0.0346. The molecule has 0 radical (unpaired) electrons. The van der Waals surface area contributed by atoms with E-state index in [9.17, 15) is 9.59 Å². The van der Waals surface area contributed by atoms with Crippen molar-refractivity contribution >= 4 is 11.9 Å². The summed E-state index contributed by atoms with van der Waals surface area (Å²) in [6.07, 6.45) is 0. The van der Waals surface area contributed by atoms with Gasteiger partial charge in [0.2, 0.25) is 5.91 Å². The molecule has 6 heteroatoms. The van der Waals surface area contributed by atoms with Crippen LogP contribution in [0.1, 0.15) is 18.5 Å². The summed E-state index contributed by atoms with van der Waals surface area (Å²) in [7, 11) is 1.54. The standard InChI is InChI=1S/C15H22N2O4/c1-12(13-6-4-3-5-7-13)16-14(18)10-17(8-9-21-2)11-15(19)20/h3-7,12H,8-11H2,1-2H3,(H,16,18)(H,19,20). The molecule has 0 aliphatic rings. The zero-order chi connectivity index (χ0) is 15.7. The summed E-state index contributed by atoms with van der Waals surface area (Å²) >= 11 is 0. The molecule has 0 aliphatic heterocycles. The molecule has 0 saturated carbocycles. The van der Waals surface area contributed by atoms with E-state index >= 15 is 0 Å². The summed E-state index contributed by atoms with van der Waals surface area (Å²) in [5, 5.41) is 11.7. The molecule has 0 fully saturated rings. The molecule has 1 rings (SSSR count). The summed E-state index contributed by atoms with van der Waals surface area (Å²) in [5.41, 5.74) is 1.01. The number of nitrogens with one attached hydrogen (secondary N) is 1. The highest BCUT2D eigenvalue weighted by Gasteiger charge is 2.15. The van der Waals surface area contributed by atoms with Gasteiger partial charge in [0.15, 0.2) is 0 Å². The number of hydrogen-bond donors (Lipinski definition) is 2. The van der Waals surface area contributed by atoms with Crippen LogP contribution in [-0.2, 0) is 14.3 Å². The molecule has 0 saturated heterocycles. The second-order valence-electron chi connectivity index (χ2n) is 4.80. The fraction of sp³-hybridized carbons (Fsp3) is 0.467. The maximum atomic E-state index is 12.0. The van der Waals surface area contributed by atoms with Crippen LogP contribution in [0, 0.1) is 0 Å². The van der Waals surface area contributed by atoms with E-state index in [0.717, 1.165) is 5.56 Å². The minimum Gasteiger partial charge on any atom is -0.480 e. The number of carbonyl (C=O) groups is 2. The second-order valence-corrected chi connectivity index (χ2v) is 4.80. The molecule has 1 aromatic carbocycles. The number of methoxy groups -OCH3 is 1. The Labute approximate surface area is 124 Å². The third-order valence-electron chi connectivity index (χ3n) is 3.01. The van der Waals surface area contributed by atoms with E-state index in [4.69, 9.17) is 9.84 Å². The van der Waals surface area contributed by atoms with E-state index in [-0.39, 0.29) is 25.0 Å². The summed E-state index contributed by atoms with van der Waals surface area (Å²) in [5.74, 6) is -1.17. The quantitative estimate of drug-likeness (QED) is 0.707. The summed E-state index contributed by atoms with van der Waals surface area (Å²) in [6, 6.07) is 9.49. The third kappa shape index (κ3) is 6.87. The van der Waals surface area contributed by atoms with Gasteiger partial charge in [0, 0.05) is 13.7 Å². The molecule has 0 bridgehead atoms. The molecule has 1 amide bonds. The van der Waals surface area contributed by atoms with E-state index in [1.54, 1.807) is 4.90 Å². The Bertz CT molecular complexity index is 450. The lowest BCUT2D eigenvalue weighted by Gasteiger charge is -2.21. The number of carboxylic acid groups (broad SMARTS) is 1. The first-order chi connectivity index (χ1) is 10.0. The topological polar surface area (TPSA) is 78.9 Å². The van der Waals surface area contributed by atoms with Crippen LogP contribution < -0.4 is 5.32 Å². The highest BCUT2D eigenvalue weighted by atomic mass is 16.5. The van der Waals surface area contributed by atoms with Gasteiger partial charge in [0.05, 0.1) is 25.7 Å². The number of rotatable bonds is 9. The average Bonchev–Trinajstić information content (AvgIpc) is 2.45. The summed E-state index contributed by atoms with van der Waals surface area (Å²) < 4.78 is 4.92. The van der Waals surface area contributed by atoms with Crippen LogP contribution in [0.3, 0.4) is 0 Å². The first kappa shape index (κ1) is 17.1. The van der Waals surface area contributed by atoms with E-state index in [1.807, 2.05) is 37.3 Å². The Morgan fingerprint density at radius 3 is 2.52 bits per heavy atom. The number of carbonyl (C=O) groups excluding carboxylic acids is 1. The van der Waals surface area contributed by atoms with Crippen molar-refractivity contribution < 1.29 is 19.4 Å². The van der Waals surface area contributed by atoms with Crippen LogP contribution >= 0.6 is 0 Å². The number of ether oxygens (including phenoxy) is 1. The van der Waals surface area contributed by atoms with E-state index < -0.39 is 5.97 Å². The van der Waals surface area contributed by atoms with Crippen LogP contribution in [-0.4, -0.2) is 55.2 Å². The molecule has 0 spiro atoms. The van der Waals surface area contributed by atoms with Gasteiger partial charge in [-0.3, -0.25) is 14.5 Å². The monoisotopic (exact) mass is 294 g/mol. The molecular formula is C15H22N2O4. The average molecular weight is 294 g/mol. The summed E-state index contributed by atoms with van der Waals surface area (Å²) in [4.78, 5) is 24.3. The molecular weight excluding hydrogens is 272 g/mol. The maximum Gasteiger partial charge on any atom is 0.317 e. The largest absolute Gasteiger partial charge is 0.480 e. The van der Waals surface area contributed by atoms with Crippen molar-refractivity contribution in [2.24, 2.45) is 0 Å². The number of hydrogen-bond acceptors (Lipinski definition) is 4. The predicted molar refractivity (Wildman–Crippen MR) is 79.0 cm³/mol. The molecule has 6 nitrogen and oxygen atoms in total. The Hall–Kier alpha value is -1.92. The van der Waals surface area contributed by atoms with Gasteiger partial charge in [0.1, 0.15) is 0 Å². The van der Waals surface area contributed by atoms with Crippen molar-refractivity contribution in [3.8, 4) is 0 Å². The van der Waals surface area contributed by atoms with Gasteiger partial charge >= 0.3 is 5.97 Å². The van der Waals surface area contributed by atoms with Gasteiger partial charge in [-0.15, -0.1) is 0 Å². The normalized spacial score (nSPS) is 12.1. The number of amides is 1. The second kappa shape index (κ2) is 9.10. The third-order valence-corrected chi connectivity index (χ3v) is 3.01. The van der Waals surface area contributed by atoms with Gasteiger partial charge in [-0.1, -0.05) is 30.3 Å². The van der Waals surface area contributed by atoms with Crippen molar-refractivity contribution in [1.82, 2.24) is 10.2 Å². The van der Waals surface area contributed by atoms with E-state index in [1.165, 1.54) is 7.11 Å². The first-order valence-corrected chi connectivity index (χ1v) is 6.80. The Morgan fingerprint density at radius 1 is 1.29 bits per heavy atom. The van der Waals surface area contributed by atoms with Crippen molar-refractivity contribution in [3.63, 3.8) is 0 Å². The van der Waals surface area contributed by atoms with Crippen LogP contribution in [0.25, 0.3) is 0 Å². The molecule has 1 unspecified atom stereocenters. The molecule has 0 aliphatic carbocycles. The first-order valence-electron chi connectivity index (χ1n) is 6.80. The van der Waals surface area contributed by atoms with Crippen LogP contribution in [0.4, 0.5) is 0 Å². The fourth-order valence-electron chi connectivity index (χ4n) is 1.94. The molecule has 21 heavy (non-hydrogen) atoms. The van der Waals surface area contributed by atoms with E-state index in [2.05, 4.69) is 5.32 Å². The van der Waals surface area contributed by atoms with Gasteiger partial charge in [-0.25, -0.2) is 0 Å². The van der Waals surface area contributed by atoms with Gasteiger partial charge in [-0.2, -0.15) is 0 Å². The number of aliphatic carboxylic acids is 1. The lowest BCUT2D eigenvalue weighted by molar-refractivity contribution is -0.138. The zero-order valence-corrected chi connectivity index (χ0v) is 12.4. The van der Waals surface area contributed by atoms with Gasteiger partial charge < -0.3 is 15.2 Å². The van der Waals surface area contributed by atoms with Gasteiger partial charge in [0.25, 0.3) is 0 Å². The highest BCUT2D eigenvalue weighted by Crippen LogP contribution is 2.10. The SMILES string of the molecule is COCCN(CC(=O)O)CC(=O)NC(C)c1ccccc1. The number of carboxylic acids is 1. The Kier molecular flexibility index (Phi) is 7.42. The van der Waals surface area contributed by atoms with Crippen molar-refractivity contribution in [3.05, 3.63) is 35.9 Å². The highest BCUT2D eigenvalue weighted by molar-refractivity contribution is 5.79. The smallest absolute Gasteiger partial charge is 0.317 e. The fourth-order valence-corrected chi connectivity index (χ4v) is 1.94. The maximum absolute atomic E-state index is 12.0. The zero-order valence-electron chi connectivity index (χ0n) is 12.4. The Morgan fingerprint density at radius 2 is 1.95 bits per heavy atom. The van der Waals surface area contributed by atoms with Gasteiger partial charge in [-0.05, 0) is 12.5 Å². The van der Waals surface area contributed by atoms with Crippen molar-refractivity contribution in [2.75, 3.05) is 33.4 Å². The molecule has 0 aromatic heterocycles. The summed E-state index contributed by atoms with van der Waals surface area (Å²) in [6.45, 7) is 2.53. The lowest BCUT2D eigenvalue weighted by Crippen LogP contribution is -2.41. The Balaban J connectivity index is 2.50. The van der Waals surface area contributed by atoms with Crippen molar-refractivity contribution in [2.45, 2.75) is 13.0 Å². The molecule has 2 N–H and O–H groups in total. The molecule has 1 atom stereocenters. The molecule has 116 valence electrons. The number of benzene rings is 1. The lowest BCUT2D eigenvalue weighted by atomic mass is 10.1. The van der Waals surface area contributed by atoms with E-state index in [0.29, 0.717) is 13.2 Å². The molecule has 0 heterocycles. The van der Waals surface area contributed by atoms with Crippen molar-refractivity contribution in [1.29, 1.82) is 0 Å². The minimum atomic E-state index is -0.963. The van der Waals surface area contributed by atoms with Crippen LogP contribution in [0.5, 0.6) is 0 Å². The number of nitrogens with zero attached hydrogens (tertiary/aromatic N) is 1. The molecule has 1 aromatic rings.